The van der Waals surface area contributed by atoms with Gasteiger partial charge in [0.2, 0.25) is 4.80 Å². The third-order valence-electron chi connectivity index (χ3n) is 3.31. The number of nitrogens with zero attached hydrogens (tertiary/aromatic N) is 2. The number of aryl methyl sites for hydroxylation is 1. The number of amides is 1. The van der Waals surface area contributed by atoms with E-state index >= 15 is 0 Å². The van der Waals surface area contributed by atoms with Gasteiger partial charge in [0.15, 0.2) is 0 Å². The van der Waals surface area contributed by atoms with Crippen LogP contribution in [0.15, 0.2) is 53.6 Å². The van der Waals surface area contributed by atoms with Crippen LogP contribution in [0.1, 0.15) is 10.4 Å². The number of ether oxygens (including phenoxy) is 1. The van der Waals surface area contributed by atoms with E-state index in [1.54, 1.807) is 0 Å². The lowest BCUT2D eigenvalue weighted by Gasteiger charge is -2.04. The van der Waals surface area contributed by atoms with Gasteiger partial charge in [0, 0.05) is 12.6 Å². The number of nitrogens with one attached hydrogen (secondary N) is 1. The van der Waals surface area contributed by atoms with Crippen LogP contribution in [-0.4, -0.2) is 17.1 Å². The molecule has 0 saturated carbocycles. The Kier molecular flexibility index (Phi) is 4.57. The number of carbonyl (C=O) groups is 1. The van der Waals surface area contributed by atoms with Crippen molar-refractivity contribution in [1.29, 1.82) is 0 Å². The maximum absolute atomic E-state index is 12.1. The molecule has 8 heteroatoms. The number of hydrogen-bond acceptors (Lipinski definition) is 4. The molecule has 0 saturated heterocycles. The zero-order valence-corrected chi connectivity index (χ0v) is 13.4. The minimum Gasteiger partial charge on any atom is -0.435 e. The van der Waals surface area contributed by atoms with E-state index in [4.69, 9.17) is 0 Å². The minimum atomic E-state index is -2.90. The third kappa shape index (κ3) is 3.43. The van der Waals surface area contributed by atoms with Crippen molar-refractivity contribution >= 4 is 27.5 Å². The minimum absolute atomic E-state index is 0.00519. The highest BCUT2D eigenvalue weighted by molar-refractivity contribution is 7.16. The van der Waals surface area contributed by atoms with Gasteiger partial charge in [-0.3, -0.25) is 4.79 Å². The summed E-state index contributed by atoms with van der Waals surface area (Å²) in [5.74, 6) is -0.439. The van der Waals surface area contributed by atoms with Gasteiger partial charge in [-0.2, -0.15) is 8.78 Å². The summed E-state index contributed by atoms with van der Waals surface area (Å²) in [6.07, 6.45) is 0. The maximum Gasteiger partial charge on any atom is 0.387 e. The first kappa shape index (κ1) is 16.1. The summed E-state index contributed by atoms with van der Waals surface area (Å²) in [6.45, 7) is -2.90. The number of hydrogen-bond donors (Lipinski definition) is 1. The van der Waals surface area contributed by atoms with Crippen LogP contribution in [0.5, 0.6) is 5.75 Å². The molecule has 24 heavy (non-hydrogen) atoms. The second-order valence-corrected chi connectivity index (χ2v) is 5.88. The zero-order chi connectivity index (χ0) is 17.1. The number of fused-ring (bicyclic) bond motifs is 1. The summed E-state index contributed by atoms with van der Waals surface area (Å²) in [7, 11) is 1.86. The van der Waals surface area contributed by atoms with Gasteiger partial charge in [-0.15, -0.1) is 5.10 Å². The van der Waals surface area contributed by atoms with Crippen molar-refractivity contribution in [3.05, 3.63) is 58.9 Å². The molecule has 1 amide bonds. The molecule has 0 bridgehead atoms. The molecule has 1 aromatic heterocycles. The van der Waals surface area contributed by atoms with E-state index in [9.17, 15) is 13.6 Å². The third-order valence-corrected chi connectivity index (χ3v) is 4.42. The Labute approximate surface area is 139 Å². The number of benzene rings is 2. The molecule has 0 aliphatic rings. The second kappa shape index (κ2) is 6.79. The van der Waals surface area contributed by atoms with Gasteiger partial charge in [-0.1, -0.05) is 23.5 Å². The number of alkyl halides is 2. The summed E-state index contributed by atoms with van der Waals surface area (Å²) in [5.41, 5.74) is 3.78. The first-order valence-electron chi connectivity index (χ1n) is 6.98. The standard InChI is InChI=1S/C16H13F2N3O2S/c1-21-12-4-2-3-5-13(12)24-16(21)20-19-14(22)10-6-8-11(9-7-10)23-15(17)18/h2-9,15H,1H3,(H,19,22)/b20-16+. The summed E-state index contributed by atoms with van der Waals surface area (Å²) in [4.78, 5) is 12.7. The van der Waals surface area contributed by atoms with E-state index < -0.39 is 12.5 Å². The molecule has 0 aliphatic heterocycles. The van der Waals surface area contributed by atoms with Gasteiger partial charge in [0.25, 0.3) is 5.91 Å². The molecule has 0 spiro atoms. The van der Waals surface area contributed by atoms with E-state index in [1.165, 1.54) is 35.6 Å². The Morgan fingerprint density at radius 3 is 2.58 bits per heavy atom. The zero-order valence-electron chi connectivity index (χ0n) is 12.6. The van der Waals surface area contributed by atoms with E-state index in [0.717, 1.165) is 10.2 Å². The van der Waals surface area contributed by atoms with Crippen LogP contribution in [-0.2, 0) is 7.05 Å². The van der Waals surface area contributed by atoms with Gasteiger partial charge in [-0.25, -0.2) is 5.43 Å². The number of thiazole rings is 1. The molecule has 1 N–H and O–H groups in total. The van der Waals surface area contributed by atoms with Crippen molar-refractivity contribution in [3.8, 4) is 5.75 Å². The van der Waals surface area contributed by atoms with Gasteiger partial charge in [-0.05, 0) is 36.4 Å². The lowest BCUT2D eigenvalue weighted by atomic mass is 10.2. The van der Waals surface area contributed by atoms with Gasteiger partial charge >= 0.3 is 6.61 Å². The average Bonchev–Trinajstić information content (AvgIpc) is 2.89. The van der Waals surface area contributed by atoms with Crippen molar-refractivity contribution in [2.75, 3.05) is 0 Å². The molecule has 0 fully saturated rings. The van der Waals surface area contributed by atoms with E-state index in [0.29, 0.717) is 10.4 Å². The lowest BCUT2D eigenvalue weighted by molar-refractivity contribution is -0.0498. The quantitative estimate of drug-likeness (QED) is 0.736. The highest BCUT2D eigenvalue weighted by Crippen LogP contribution is 2.16. The Morgan fingerprint density at radius 1 is 1.21 bits per heavy atom. The van der Waals surface area contributed by atoms with Crippen molar-refractivity contribution < 1.29 is 18.3 Å². The molecule has 0 unspecified atom stereocenters. The van der Waals surface area contributed by atoms with E-state index in [2.05, 4.69) is 15.3 Å². The van der Waals surface area contributed by atoms with Crippen LogP contribution in [0.4, 0.5) is 8.78 Å². The highest BCUT2D eigenvalue weighted by atomic mass is 32.1. The molecule has 3 aromatic rings. The van der Waals surface area contributed by atoms with Crippen LogP contribution < -0.4 is 15.0 Å². The summed E-state index contributed by atoms with van der Waals surface area (Å²) in [6, 6.07) is 13.2. The second-order valence-electron chi connectivity index (χ2n) is 4.87. The molecule has 3 rings (SSSR count). The molecular formula is C16H13F2N3O2S. The number of rotatable bonds is 4. The van der Waals surface area contributed by atoms with Gasteiger partial charge < -0.3 is 9.30 Å². The molecule has 2 aromatic carbocycles. The van der Waals surface area contributed by atoms with Crippen molar-refractivity contribution in [2.45, 2.75) is 6.61 Å². The maximum atomic E-state index is 12.1. The number of aromatic nitrogens is 1. The molecule has 124 valence electrons. The fourth-order valence-corrected chi connectivity index (χ4v) is 3.12. The molecule has 0 atom stereocenters. The average molecular weight is 349 g/mol. The van der Waals surface area contributed by atoms with Crippen molar-refractivity contribution in [1.82, 2.24) is 9.99 Å². The molecule has 0 aliphatic carbocycles. The SMILES string of the molecule is Cn1/c(=N\NC(=O)c2ccc(OC(F)F)cc2)sc2ccccc21. The van der Waals surface area contributed by atoms with Crippen LogP contribution >= 0.6 is 11.3 Å². The van der Waals surface area contributed by atoms with Crippen molar-refractivity contribution in [2.24, 2.45) is 12.1 Å². The van der Waals surface area contributed by atoms with Crippen LogP contribution in [0, 0.1) is 0 Å². The number of para-hydroxylation sites is 1. The number of carbonyl (C=O) groups excluding carboxylic acids is 1. The first-order valence-corrected chi connectivity index (χ1v) is 7.80. The molecule has 1 heterocycles. The monoisotopic (exact) mass is 349 g/mol. The Bertz CT molecular complexity index is 932. The lowest BCUT2D eigenvalue weighted by Crippen LogP contribution is -2.23. The topological polar surface area (TPSA) is 55.6 Å². The smallest absolute Gasteiger partial charge is 0.387 e. The Balaban J connectivity index is 1.77. The predicted molar refractivity (Wildman–Crippen MR) is 86.9 cm³/mol. The van der Waals surface area contributed by atoms with Crippen LogP contribution in [0.3, 0.4) is 0 Å². The largest absolute Gasteiger partial charge is 0.435 e. The van der Waals surface area contributed by atoms with Crippen LogP contribution in [0.2, 0.25) is 0 Å². The fraction of sp³-hybridized carbons (Fsp3) is 0.125. The van der Waals surface area contributed by atoms with E-state index in [-0.39, 0.29) is 5.75 Å². The predicted octanol–water partition coefficient (Wildman–Crippen LogP) is 3.09. The first-order chi connectivity index (χ1) is 11.5. The molecular weight excluding hydrogens is 336 g/mol. The Morgan fingerprint density at radius 2 is 1.92 bits per heavy atom. The Hall–Kier alpha value is -2.74. The molecule has 0 radical (unpaired) electrons. The summed E-state index contributed by atoms with van der Waals surface area (Å²) < 4.78 is 31.4. The normalized spacial score (nSPS) is 11.9. The van der Waals surface area contributed by atoms with E-state index in [1.807, 2.05) is 35.9 Å². The highest BCUT2D eigenvalue weighted by Gasteiger charge is 2.08. The number of halogens is 2. The van der Waals surface area contributed by atoms with Crippen LogP contribution in [0.25, 0.3) is 10.2 Å². The van der Waals surface area contributed by atoms with Crippen molar-refractivity contribution in [3.63, 3.8) is 0 Å². The summed E-state index contributed by atoms with van der Waals surface area (Å²) >= 11 is 1.45. The summed E-state index contributed by atoms with van der Waals surface area (Å²) in [5, 5.41) is 4.12. The molecule has 5 nitrogen and oxygen atoms in total. The fourth-order valence-electron chi connectivity index (χ4n) is 2.14. The van der Waals surface area contributed by atoms with Gasteiger partial charge in [0.05, 0.1) is 10.2 Å². The van der Waals surface area contributed by atoms with Gasteiger partial charge in [0.1, 0.15) is 5.75 Å².